The molecule has 0 saturated heterocycles. The summed E-state index contributed by atoms with van der Waals surface area (Å²) in [6, 6.07) is 5.47. The van der Waals surface area contributed by atoms with Crippen molar-refractivity contribution >= 4 is 39.9 Å². The number of pyridine rings is 1. The van der Waals surface area contributed by atoms with E-state index in [1.807, 2.05) is 12.1 Å². The van der Waals surface area contributed by atoms with E-state index in [4.69, 9.17) is 27.6 Å². The zero-order valence-electron chi connectivity index (χ0n) is 9.60. The molecular formula is C12H8Cl2N4O. The highest BCUT2D eigenvalue weighted by molar-refractivity contribution is 6.34. The molecule has 0 atom stereocenters. The van der Waals surface area contributed by atoms with Crippen LogP contribution >= 0.6 is 23.2 Å². The number of halogens is 2. The molecule has 0 aromatic carbocycles. The van der Waals surface area contributed by atoms with Gasteiger partial charge in [-0.25, -0.2) is 15.0 Å². The molecule has 0 aliphatic heterocycles. The maximum atomic E-state index is 5.99. The molecule has 7 heteroatoms. The lowest BCUT2D eigenvalue weighted by Crippen LogP contribution is -2.03. The SMILES string of the molecule is Clc1nc(NCc2ccco2)c2ccnc(Cl)c2n1. The monoisotopic (exact) mass is 294 g/mol. The molecule has 5 nitrogen and oxygen atoms in total. The van der Waals surface area contributed by atoms with Gasteiger partial charge in [-0.3, -0.25) is 0 Å². The van der Waals surface area contributed by atoms with Crippen LogP contribution in [0.1, 0.15) is 5.76 Å². The van der Waals surface area contributed by atoms with Crippen LogP contribution in [0.3, 0.4) is 0 Å². The van der Waals surface area contributed by atoms with Gasteiger partial charge in [0.05, 0.1) is 12.8 Å². The van der Waals surface area contributed by atoms with Gasteiger partial charge in [-0.15, -0.1) is 0 Å². The third kappa shape index (κ3) is 2.47. The number of rotatable bonds is 3. The van der Waals surface area contributed by atoms with E-state index in [1.54, 1.807) is 18.5 Å². The van der Waals surface area contributed by atoms with Crippen LogP contribution in [0, 0.1) is 0 Å². The lowest BCUT2D eigenvalue weighted by molar-refractivity contribution is 0.518. The minimum atomic E-state index is 0.115. The van der Waals surface area contributed by atoms with Crippen molar-refractivity contribution in [3.8, 4) is 0 Å². The normalized spacial score (nSPS) is 10.8. The van der Waals surface area contributed by atoms with Gasteiger partial charge >= 0.3 is 0 Å². The van der Waals surface area contributed by atoms with Crippen LogP contribution in [-0.2, 0) is 6.54 Å². The van der Waals surface area contributed by atoms with E-state index in [1.165, 1.54) is 0 Å². The first kappa shape index (κ1) is 12.2. The summed E-state index contributed by atoms with van der Waals surface area (Å²) in [5.41, 5.74) is 0.520. The number of furan rings is 1. The van der Waals surface area contributed by atoms with Crippen LogP contribution in [0.15, 0.2) is 35.1 Å². The summed E-state index contributed by atoms with van der Waals surface area (Å²) >= 11 is 11.9. The standard InChI is InChI=1S/C12H8Cl2N4O/c13-10-9-8(3-4-15-10)11(18-12(14)17-9)16-6-7-2-1-5-19-7/h1-5H,6H2,(H,16,17,18). The average molecular weight is 295 g/mol. The largest absolute Gasteiger partial charge is 0.467 e. The van der Waals surface area contributed by atoms with Gasteiger partial charge in [0.25, 0.3) is 0 Å². The number of aromatic nitrogens is 3. The van der Waals surface area contributed by atoms with Crippen molar-refractivity contribution in [2.75, 3.05) is 5.32 Å². The number of nitrogens with one attached hydrogen (secondary N) is 1. The molecule has 3 rings (SSSR count). The Bertz CT molecular complexity index is 715. The second kappa shape index (κ2) is 5.03. The topological polar surface area (TPSA) is 63.8 Å². The second-order valence-electron chi connectivity index (χ2n) is 3.77. The van der Waals surface area contributed by atoms with Crippen molar-refractivity contribution < 1.29 is 4.42 Å². The fourth-order valence-electron chi connectivity index (χ4n) is 1.71. The van der Waals surface area contributed by atoms with E-state index < -0.39 is 0 Å². The Balaban J connectivity index is 2.00. The Kier molecular flexibility index (Phi) is 3.23. The molecule has 0 bridgehead atoms. The number of nitrogens with zero attached hydrogens (tertiary/aromatic N) is 3. The smallest absolute Gasteiger partial charge is 0.225 e. The molecule has 3 aromatic rings. The molecule has 0 aliphatic carbocycles. The van der Waals surface area contributed by atoms with Crippen LogP contribution in [0.4, 0.5) is 5.82 Å². The van der Waals surface area contributed by atoms with E-state index in [-0.39, 0.29) is 5.28 Å². The van der Waals surface area contributed by atoms with Crippen molar-refractivity contribution in [2.24, 2.45) is 0 Å². The summed E-state index contributed by atoms with van der Waals surface area (Å²) < 4.78 is 5.24. The van der Waals surface area contributed by atoms with Crippen LogP contribution in [0.25, 0.3) is 10.9 Å². The number of fused-ring (bicyclic) bond motifs is 1. The highest BCUT2D eigenvalue weighted by Crippen LogP contribution is 2.26. The fourth-order valence-corrected chi connectivity index (χ4v) is 2.08. The first-order valence-electron chi connectivity index (χ1n) is 5.48. The first-order valence-corrected chi connectivity index (χ1v) is 6.23. The summed E-state index contributed by atoms with van der Waals surface area (Å²) in [4.78, 5) is 12.2. The highest BCUT2D eigenvalue weighted by Gasteiger charge is 2.10. The van der Waals surface area contributed by atoms with E-state index in [0.717, 1.165) is 11.1 Å². The Morgan fingerprint density at radius 1 is 1.21 bits per heavy atom. The zero-order chi connectivity index (χ0) is 13.2. The Labute approximate surface area is 118 Å². The molecule has 0 aliphatic rings. The first-order chi connectivity index (χ1) is 9.24. The Morgan fingerprint density at radius 2 is 2.11 bits per heavy atom. The molecule has 3 aromatic heterocycles. The molecule has 3 heterocycles. The number of hydrogen-bond acceptors (Lipinski definition) is 5. The molecule has 0 radical (unpaired) electrons. The molecule has 0 fully saturated rings. The molecule has 0 spiro atoms. The minimum absolute atomic E-state index is 0.115. The lowest BCUT2D eigenvalue weighted by Gasteiger charge is -2.08. The van der Waals surface area contributed by atoms with Gasteiger partial charge in [-0.1, -0.05) is 11.6 Å². The maximum Gasteiger partial charge on any atom is 0.225 e. The Hall–Kier alpha value is -1.85. The van der Waals surface area contributed by atoms with Crippen molar-refractivity contribution in [3.05, 3.63) is 46.9 Å². The number of hydrogen-bond donors (Lipinski definition) is 1. The highest BCUT2D eigenvalue weighted by atomic mass is 35.5. The van der Waals surface area contributed by atoms with Gasteiger partial charge < -0.3 is 9.73 Å². The molecule has 0 amide bonds. The molecular weight excluding hydrogens is 287 g/mol. The van der Waals surface area contributed by atoms with Crippen molar-refractivity contribution in [1.82, 2.24) is 15.0 Å². The van der Waals surface area contributed by atoms with Gasteiger partial charge in [0, 0.05) is 11.6 Å². The van der Waals surface area contributed by atoms with Gasteiger partial charge in [0.2, 0.25) is 5.28 Å². The van der Waals surface area contributed by atoms with Crippen LogP contribution < -0.4 is 5.32 Å². The van der Waals surface area contributed by atoms with Crippen LogP contribution in [-0.4, -0.2) is 15.0 Å². The van der Waals surface area contributed by atoms with E-state index in [0.29, 0.717) is 23.0 Å². The quantitative estimate of drug-likeness (QED) is 0.591. The summed E-state index contributed by atoms with van der Waals surface area (Å²) in [6.45, 7) is 0.495. The van der Waals surface area contributed by atoms with E-state index in [2.05, 4.69) is 20.3 Å². The minimum Gasteiger partial charge on any atom is -0.467 e. The molecule has 0 unspecified atom stereocenters. The fraction of sp³-hybridized carbons (Fsp3) is 0.0833. The van der Waals surface area contributed by atoms with Crippen molar-refractivity contribution in [3.63, 3.8) is 0 Å². The van der Waals surface area contributed by atoms with E-state index >= 15 is 0 Å². The van der Waals surface area contributed by atoms with Crippen LogP contribution in [0.2, 0.25) is 10.4 Å². The molecule has 19 heavy (non-hydrogen) atoms. The Morgan fingerprint density at radius 3 is 2.89 bits per heavy atom. The molecule has 96 valence electrons. The third-order valence-corrected chi connectivity index (χ3v) is 3.00. The van der Waals surface area contributed by atoms with Gasteiger partial charge in [-0.05, 0) is 29.8 Å². The van der Waals surface area contributed by atoms with E-state index in [9.17, 15) is 0 Å². The average Bonchev–Trinajstić information content (AvgIpc) is 2.90. The molecule has 0 saturated carbocycles. The van der Waals surface area contributed by atoms with Gasteiger partial charge in [0.1, 0.15) is 17.1 Å². The van der Waals surface area contributed by atoms with Gasteiger partial charge in [0.15, 0.2) is 5.15 Å². The summed E-state index contributed by atoms with van der Waals surface area (Å²) in [7, 11) is 0. The number of anilines is 1. The molecule has 1 N–H and O–H groups in total. The summed E-state index contributed by atoms with van der Waals surface area (Å²) in [5.74, 6) is 1.39. The maximum absolute atomic E-state index is 5.99. The van der Waals surface area contributed by atoms with Gasteiger partial charge in [-0.2, -0.15) is 0 Å². The predicted octanol–water partition coefficient (Wildman–Crippen LogP) is 3.54. The summed E-state index contributed by atoms with van der Waals surface area (Å²) in [6.07, 6.45) is 3.21. The van der Waals surface area contributed by atoms with Crippen LogP contribution in [0.5, 0.6) is 0 Å². The third-order valence-electron chi connectivity index (χ3n) is 2.55. The summed E-state index contributed by atoms with van der Waals surface area (Å²) in [5, 5.41) is 4.31. The van der Waals surface area contributed by atoms with Crippen molar-refractivity contribution in [1.29, 1.82) is 0 Å². The van der Waals surface area contributed by atoms with Crippen molar-refractivity contribution in [2.45, 2.75) is 6.54 Å². The zero-order valence-corrected chi connectivity index (χ0v) is 11.1. The second-order valence-corrected chi connectivity index (χ2v) is 4.47. The lowest BCUT2D eigenvalue weighted by atomic mass is 10.3. The predicted molar refractivity (Wildman–Crippen MR) is 73.4 cm³/mol.